The standard InChI is InChI=1S/C19H22N2O4S/c1-14-17-12-16(8-9-18(17)20-19(14)22)26(23,24)21(10-11-25-2)13-15-6-4-3-5-7-15/h3-9,12,14H,10-11,13H2,1-2H3,(H,20,22)/t14-/m1/s1. The molecule has 1 atom stereocenters. The van der Waals surface area contributed by atoms with Crippen LogP contribution in [0.25, 0.3) is 0 Å². The van der Waals surface area contributed by atoms with Crippen LogP contribution in [0.2, 0.25) is 0 Å². The van der Waals surface area contributed by atoms with Crippen molar-refractivity contribution in [3.8, 4) is 0 Å². The molecule has 1 amide bonds. The van der Waals surface area contributed by atoms with E-state index in [2.05, 4.69) is 5.32 Å². The smallest absolute Gasteiger partial charge is 0.243 e. The zero-order valence-electron chi connectivity index (χ0n) is 14.8. The van der Waals surface area contributed by atoms with Crippen molar-refractivity contribution >= 4 is 21.6 Å². The quantitative estimate of drug-likeness (QED) is 0.808. The van der Waals surface area contributed by atoms with Gasteiger partial charge in [-0.1, -0.05) is 30.3 Å². The minimum Gasteiger partial charge on any atom is -0.383 e. The third-order valence-electron chi connectivity index (χ3n) is 4.53. The molecule has 0 unspecified atom stereocenters. The number of rotatable bonds is 7. The van der Waals surface area contributed by atoms with E-state index in [4.69, 9.17) is 4.74 Å². The Bertz CT molecular complexity index is 897. The molecule has 138 valence electrons. The minimum atomic E-state index is -3.72. The number of nitrogens with zero attached hydrogens (tertiary/aromatic N) is 1. The second-order valence-corrected chi connectivity index (χ2v) is 8.21. The van der Waals surface area contributed by atoms with Crippen molar-refractivity contribution in [3.63, 3.8) is 0 Å². The first-order valence-electron chi connectivity index (χ1n) is 8.41. The molecule has 1 aliphatic rings. The summed E-state index contributed by atoms with van der Waals surface area (Å²) in [6.45, 7) is 2.57. The summed E-state index contributed by atoms with van der Waals surface area (Å²) in [5.74, 6) is -0.475. The normalized spacial score (nSPS) is 16.6. The second kappa shape index (κ2) is 7.57. The Morgan fingerprint density at radius 3 is 2.58 bits per heavy atom. The van der Waals surface area contributed by atoms with Crippen LogP contribution in [0.15, 0.2) is 53.4 Å². The largest absolute Gasteiger partial charge is 0.383 e. The highest BCUT2D eigenvalue weighted by molar-refractivity contribution is 7.89. The maximum absolute atomic E-state index is 13.2. The van der Waals surface area contributed by atoms with E-state index in [1.54, 1.807) is 26.2 Å². The number of carbonyl (C=O) groups is 1. The summed E-state index contributed by atoms with van der Waals surface area (Å²) < 4.78 is 32.9. The second-order valence-electron chi connectivity index (χ2n) is 6.28. The molecule has 0 saturated heterocycles. The summed E-state index contributed by atoms with van der Waals surface area (Å²) in [6.07, 6.45) is 0. The van der Waals surface area contributed by atoms with Gasteiger partial charge in [0.15, 0.2) is 0 Å². The molecule has 3 rings (SSSR count). The number of fused-ring (bicyclic) bond motifs is 1. The molecule has 0 aliphatic carbocycles. The molecule has 0 aromatic heterocycles. The molecular formula is C19H22N2O4S. The topological polar surface area (TPSA) is 75.7 Å². The van der Waals surface area contributed by atoms with Crippen LogP contribution < -0.4 is 5.32 Å². The van der Waals surface area contributed by atoms with Gasteiger partial charge in [-0.05, 0) is 36.2 Å². The molecule has 2 aromatic rings. The molecular weight excluding hydrogens is 352 g/mol. The average molecular weight is 374 g/mol. The van der Waals surface area contributed by atoms with Crippen LogP contribution >= 0.6 is 0 Å². The maximum atomic E-state index is 13.2. The lowest BCUT2D eigenvalue weighted by atomic mass is 10.0. The SMILES string of the molecule is COCCN(Cc1ccccc1)S(=O)(=O)c1ccc2c(c1)[C@@H](C)C(=O)N2. The number of carbonyl (C=O) groups excluding carboxylic acids is 1. The Morgan fingerprint density at radius 1 is 1.15 bits per heavy atom. The zero-order chi connectivity index (χ0) is 18.7. The Labute approximate surface area is 153 Å². The van der Waals surface area contributed by atoms with Gasteiger partial charge >= 0.3 is 0 Å². The van der Waals surface area contributed by atoms with E-state index in [-0.39, 0.29) is 29.8 Å². The molecule has 0 saturated carbocycles. The highest BCUT2D eigenvalue weighted by Crippen LogP contribution is 2.34. The number of amides is 1. The summed E-state index contributed by atoms with van der Waals surface area (Å²) in [5, 5.41) is 2.76. The number of nitrogens with one attached hydrogen (secondary N) is 1. The maximum Gasteiger partial charge on any atom is 0.243 e. The zero-order valence-corrected chi connectivity index (χ0v) is 15.6. The fraction of sp³-hybridized carbons (Fsp3) is 0.316. The van der Waals surface area contributed by atoms with Crippen molar-refractivity contribution in [2.45, 2.75) is 24.3 Å². The molecule has 1 aliphatic heterocycles. The first kappa shape index (κ1) is 18.6. The molecule has 7 heteroatoms. The molecule has 6 nitrogen and oxygen atoms in total. The number of methoxy groups -OCH3 is 1. The van der Waals surface area contributed by atoms with Gasteiger partial charge in [-0.25, -0.2) is 8.42 Å². The van der Waals surface area contributed by atoms with Crippen molar-refractivity contribution < 1.29 is 17.9 Å². The van der Waals surface area contributed by atoms with Crippen LogP contribution in [0.4, 0.5) is 5.69 Å². The van der Waals surface area contributed by atoms with Gasteiger partial charge in [0, 0.05) is 25.9 Å². The summed E-state index contributed by atoms with van der Waals surface area (Å²) in [4.78, 5) is 12.0. The third kappa shape index (κ3) is 3.65. The van der Waals surface area contributed by atoms with E-state index in [0.29, 0.717) is 17.9 Å². The molecule has 0 bridgehead atoms. The van der Waals surface area contributed by atoms with Crippen molar-refractivity contribution in [1.29, 1.82) is 0 Å². The Balaban J connectivity index is 1.94. The van der Waals surface area contributed by atoms with Gasteiger partial charge in [-0.15, -0.1) is 0 Å². The molecule has 26 heavy (non-hydrogen) atoms. The Kier molecular flexibility index (Phi) is 5.41. The minimum absolute atomic E-state index is 0.116. The first-order valence-corrected chi connectivity index (χ1v) is 9.85. The lowest BCUT2D eigenvalue weighted by Crippen LogP contribution is -2.33. The van der Waals surface area contributed by atoms with Gasteiger partial charge in [-0.3, -0.25) is 4.79 Å². The van der Waals surface area contributed by atoms with Crippen LogP contribution in [0.5, 0.6) is 0 Å². The van der Waals surface area contributed by atoms with Gasteiger partial charge < -0.3 is 10.1 Å². The van der Waals surface area contributed by atoms with E-state index in [1.807, 2.05) is 30.3 Å². The molecule has 1 heterocycles. The van der Waals surface area contributed by atoms with Crippen molar-refractivity contribution in [2.24, 2.45) is 0 Å². The Hall–Kier alpha value is -2.22. The number of benzene rings is 2. The fourth-order valence-corrected chi connectivity index (χ4v) is 4.42. The van der Waals surface area contributed by atoms with E-state index in [1.165, 1.54) is 10.4 Å². The van der Waals surface area contributed by atoms with Gasteiger partial charge in [-0.2, -0.15) is 4.31 Å². The van der Waals surface area contributed by atoms with E-state index >= 15 is 0 Å². The van der Waals surface area contributed by atoms with Crippen LogP contribution in [0.1, 0.15) is 24.0 Å². The van der Waals surface area contributed by atoms with Crippen LogP contribution in [0.3, 0.4) is 0 Å². The lowest BCUT2D eigenvalue weighted by Gasteiger charge is -2.22. The predicted octanol–water partition coefficient (Wildman–Crippen LogP) is 2.58. The molecule has 2 aromatic carbocycles. The van der Waals surface area contributed by atoms with E-state index < -0.39 is 10.0 Å². The average Bonchev–Trinajstić information content (AvgIpc) is 2.93. The monoisotopic (exact) mass is 374 g/mol. The van der Waals surface area contributed by atoms with Crippen LogP contribution in [0, 0.1) is 0 Å². The summed E-state index contributed by atoms with van der Waals surface area (Å²) in [5.41, 5.74) is 2.29. The summed E-state index contributed by atoms with van der Waals surface area (Å²) >= 11 is 0. The van der Waals surface area contributed by atoms with E-state index in [0.717, 1.165) is 5.56 Å². The van der Waals surface area contributed by atoms with Crippen molar-refractivity contribution in [1.82, 2.24) is 4.31 Å². The summed E-state index contributed by atoms with van der Waals surface area (Å²) in [7, 11) is -2.18. The van der Waals surface area contributed by atoms with Crippen LogP contribution in [-0.4, -0.2) is 38.9 Å². The molecule has 0 radical (unpaired) electrons. The van der Waals surface area contributed by atoms with E-state index in [9.17, 15) is 13.2 Å². The van der Waals surface area contributed by atoms with Gasteiger partial charge in [0.05, 0.1) is 17.4 Å². The molecule has 1 N–H and O–H groups in total. The number of hydrogen-bond acceptors (Lipinski definition) is 4. The van der Waals surface area contributed by atoms with Crippen LogP contribution in [-0.2, 0) is 26.1 Å². The molecule has 0 fully saturated rings. The third-order valence-corrected chi connectivity index (χ3v) is 6.37. The van der Waals surface area contributed by atoms with Crippen molar-refractivity contribution in [3.05, 3.63) is 59.7 Å². The van der Waals surface area contributed by atoms with Gasteiger partial charge in [0.25, 0.3) is 0 Å². The Morgan fingerprint density at radius 2 is 1.88 bits per heavy atom. The predicted molar refractivity (Wildman–Crippen MR) is 99.4 cm³/mol. The number of anilines is 1. The highest BCUT2D eigenvalue weighted by atomic mass is 32.2. The van der Waals surface area contributed by atoms with Crippen molar-refractivity contribution in [2.75, 3.05) is 25.6 Å². The first-order chi connectivity index (χ1) is 12.4. The summed E-state index contributed by atoms with van der Waals surface area (Å²) in [6, 6.07) is 14.2. The van der Waals surface area contributed by atoms with Gasteiger partial charge in [0.2, 0.25) is 15.9 Å². The van der Waals surface area contributed by atoms with Gasteiger partial charge in [0.1, 0.15) is 0 Å². The number of sulfonamides is 1. The lowest BCUT2D eigenvalue weighted by molar-refractivity contribution is -0.116. The number of hydrogen-bond donors (Lipinski definition) is 1. The number of ether oxygens (including phenoxy) is 1. The fourth-order valence-electron chi connectivity index (χ4n) is 2.97. The highest BCUT2D eigenvalue weighted by Gasteiger charge is 2.30. The molecule has 0 spiro atoms.